The molecule has 28 heavy (non-hydrogen) atoms. The number of fused-ring (bicyclic) bond motifs is 1. The highest BCUT2D eigenvalue weighted by molar-refractivity contribution is 7.98. The fraction of sp³-hybridized carbons (Fsp3) is 0.389. The van der Waals surface area contributed by atoms with Crippen LogP contribution in [0.5, 0.6) is 0 Å². The van der Waals surface area contributed by atoms with Gasteiger partial charge in [0, 0.05) is 25.1 Å². The largest absolute Gasteiger partial charge is 0.465 e. The smallest absolute Gasteiger partial charge is 0.337 e. The molecule has 0 atom stereocenters. The number of thioether (sulfide) groups is 1. The van der Waals surface area contributed by atoms with Crippen LogP contribution >= 0.6 is 23.1 Å². The lowest BCUT2D eigenvalue weighted by Crippen LogP contribution is -2.34. The number of ether oxygens (including phenoxy) is 1. The van der Waals surface area contributed by atoms with E-state index in [-0.39, 0.29) is 31.2 Å². The van der Waals surface area contributed by atoms with E-state index in [1.807, 2.05) is 10.8 Å². The molecule has 0 N–H and O–H groups in total. The number of benzene rings is 1. The SMILES string of the molecule is COC(=O)c1ccc2c(c1)sc(=NC(=O)CN1C(=O)CCC1=O)n2CCSC. The van der Waals surface area contributed by atoms with Crippen LogP contribution in [0.3, 0.4) is 0 Å². The van der Waals surface area contributed by atoms with E-state index >= 15 is 0 Å². The highest BCUT2D eigenvalue weighted by atomic mass is 32.2. The van der Waals surface area contributed by atoms with Crippen molar-refractivity contribution < 1.29 is 23.9 Å². The summed E-state index contributed by atoms with van der Waals surface area (Å²) in [5.74, 6) is -0.867. The number of aromatic nitrogens is 1. The molecule has 0 spiro atoms. The molecule has 0 unspecified atom stereocenters. The van der Waals surface area contributed by atoms with Gasteiger partial charge in [-0.3, -0.25) is 19.3 Å². The Kier molecular flexibility index (Phi) is 6.30. The summed E-state index contributed by atoms with van der Waals surface area (Å²) in [7, 11) is 1.32. The van der Waals surface area contributed by atoms with Crippen LogP contribution in [0.4, 0.5) is 0 Å². The fourth-order valence-electron chi connectivity index (χ4n) is 2.88. The Morgan fingerprint density at radius 3 is 2.61 bits per heavy atom. The van der Waals surface area contributed by atoms with E-state index in [1.54, 1.807) is 30.0 Å². The zero-order valence-electron chi connectivity index (χ0n) is 15.5. The average Bonchev–Trinajstić information content (AvgIpc) is 3.18. The second-order valence-corrected chi connectivity index (χ2v) is 8.08. The average molecular weight is 422 g/mol. The van der Waals surface area contributed by atoms with E-state index in [4.69, 9.17) is 4.74 Å². The minimum atomic E-state index is -0.554. The normalized spacial score (nSPS) is 14.9. The summed E-state index contributed by atoms with van der Waals surface area (Å²) >= 11 is 2.93. The van der Waals surface area contributed by atoms with Gasteiger partial charge < -0.3 is 9.30 Å². The van der Waals surface area contributed by atoms with E-state index < -0.39 is 11.9 Å². The van der Waals surface area contributed by atoms with Gasteiger partial charge in [0.15, 0.2) is 4.80 Å². The van der Waals surface area contributed by atoms with Gasteiger partial charge in [0.05, 0.1) is 22.9 Å². The number of hydrogen-bond donors (Lipinski definition) is 0. The Bertz CT molecular complexity index is 1010. The van der Waals surface area contributed by atoms with Crippen molar-refractivity contribution in [3.8, 4) is 0 Å². The Hall–Kier alpha value is -2.46. The lowest BCUT2D eigenvalue weighted by Gasteiger charge is -2.10. The topological polar surface area (TPSA) is 98.0 Å². The van der Waals surface area contributed by atoms with Crippen molar-refractivity contribution in [3.63, 3.8) is 0 Å². The summed E-state index contributed by atoms with van der Waals surface area (Å²) in [5, 5.41) is 0. The molecule has 3 rings (SSSR count). The van der Waals surface area contributed by atoms with Crippen LogP contribution < -0.4 is 4.80 Å². The van der Waals surface area contributed by atoms with Gasteiger partial charge in [-0.2, -0.15) is 16.8 Å². The van der Waals surface area contributed by atoms with Gasteiger partial charge in [-0.05, 0) is 24.5 Å². The molecular formula is C18H19N3O5S2. The molecule has 0 bridgehead atoms. The molecule has 2 aromatic rings. The van der Waals surface area contributed by atoms with E-state index in [2.05, 4.69) is 4.99 Å². The van der Waals surface area contributed by atoms with E-state index in [9.17, 15) is 19.2 Å². The third-order valence-electron chi connectivity index (χ3n) is 4.29. The number of esters is 1. The number of thiazole rings is 1. The Morgan fingerprint density at radius 2 is 1.96 bits per heavy atom. The van der Waals surface area contributed by atoms with Gasteiger partial charge in [-0.1, -0.05) is 11.3 Å². The number of aryl methyl sites for hydroxylation is 1. The molecule has 1 aromatic carbocycles. The number of imide groups is 1. The van der Waals surface area contributed by atoms with Crippen LogP contribution in [-0.2, 0) is 25.7 Å². The highest BCUT2D eigenvalue weighted by Gasteiger charge is 2.30. The van der Waals surface area contributed by atoms with Crippen LogP contribution in [0.25, 0.3) is 10.2 Å². The molecule has 1 aromatic heterocycles. The number of likely N-dealkylation sites (tertiary alicyclic amines) is 1. The molecule has 1 aliphatic rings. The van der Waals surface area contributed by atoms with Crippen molar-refractivity contribution in [3.05, 3.63) is 28.6 Å². The van der Waals surface area contributed by atoms with Gasteiger partial charge in [-0.25, -0.2) is 4.79 Å². The molecule has 8 nitrogen and oxygen atoms in total. The minimum Gasteiger partial charge on any atom is -0.465 e. The summed E-state index contributed by atoms with van der Waals surface area (Å²) in [6.07, 6.45) is 2.26. The second-order valence-electron chi connectivity index (χ2n) is 6.08. The van der Waals surface area contributed by atoms with Crippen molar-refractivity contribution in [2.75, 3.05) is 25.7 Å². The third-order valence-corrected chi connectivity index (χ3v) is 5.92. The van der Waals surface area contributed by atoms with Crippen molar-refractivity contribution in [2.24, 2.45) is 4.99 Å². The Morgan fingerprint density at radius 1 is 1.25 bits per heavy atom. The molecular weight excluding hydrogens is 402 g/mol. The first-order chi connectivity index (χ1) is 13.4. The minimum absolute atomic E-state index is 0.138. The number of amides is 3. The van der Waals surface area contributed by atoms with Gasteiger partial charge >= 0.3 is 5.97 Å². The monoisotopic (exact) mass is 421 g/mol. The van der Waals surface area contributed by atoms with Crippen LogP contribution in [0.15, 0.2) is 23.2 Å². The molecule has 2 heterocycles. The van der Waals surface area contributed by atoms with E-state index in [0.717, 1.165) is 20.9 Å². The molecule has 1 saturated heterocycles. The first kappa shape index (κ1) is 20.3. The Labute approximate surface area is 169 Å². The zero-order valence-corrected chi connectivity index (χ0v) is 17.1. The molecule has 1 aliphatic heterocycles. The molecule has 3 amide bonds. The lowest BCUT2D eigenvalue weighted by molar-refractivity contribution is -0.141. The van der Waals surface area contributed by atoms with Crippen LogP contribution in [0.2, 0.25) is 0 Å². The van der Waals surface area contributed by atoms with Gasteiger partial charge in [0.2, 0.25) is 11.8 Å². The summed E-state index contributed by atoms with van der Waals surface area (Å²) in [6.45, 7) is 0.286. The van der Waals surface area contributed by atoms with Crippen molar-refractivity contribution in [2.45, 2.75) is 19.4 Å². The number of carbonyl (C=O) groups is 4. The molecule has 10 heteroatoms. The third kappa shape index (κ3) is 4.17. The highest BCUT2D eigenvalue weighted by Crippen LogP contribution is 2.20. The number of hydrogen-bond acceptors (Lipinski definition) is 7. The maximum atomic E-state index is 12.4. The zero-order chi connectivity index (χ0) is 20.3. The summed E-state index contributed by atoms with van der Waals surface area (Å²) in [6, 6.07) is 5.18. The van der Waals surface area contributed by atoms with Crippen LogP contribution in [0.1, 0.15) is 23.2 Å². The van der Waals surface area contributed by atoms with Gasteiger partial charge in [0.1, 0.15) is 6.54 Å². The summed E-state index contributed by atoms with van der Waals surface area (Å²) in [4.78, 5) is 53.2. The molecule has 1 fully saturated rings. The molecule has 0 aliphatic carbocycles. The van der Waals surface area contributed by atoms with Crippen LogP contribution in [0, 0.1) is 0 Å². The maximum Gasteiger partial charge on any atom is 0.337 e. The lowest BCUT2D eigenvalue weighted by atomic mass is 10.2. The van der Waals surface area contributed by atoms with Crippen LogP contribution in [-0.4, -0.2) is 58.8 Å². The molecule has 148 valence electrons. The van der Waals surface area contributed by atoms with Gasteiger partial charge in [0.25, 0.3) is 5.91 Å². The molecule has 0 radical (unpaired) electrons. The summed E-state index contributed by atoms with van der Waals surface area (Å²) < 4.78 is 7.46. The molecule has 0 saturated carbocycles. The fourth-order valence-corrected chi connectivity index (χ4v) is 4.36. The van der Waals surface area contributed by atoms with Crippen molar-refractivity contribution >= 4 is 57.0 Å². The Balaban J connectivity index is 1.98. The van der Waals surface area contributed by atoms with Gasteiger partial charge in [-0.15, -0.1) is 0 Å². The standard InChI is InChI=1S/C18H19N3O5S2/c1-26-17(25)11-3-4-12-13(9-11)28-18(20(12)7-8-27-2)19-14(22)10-21-15(23)5-6-16(21)24/h3-4,9H,5-8,10H2,1-2H3. The first-order valence-corrected chi connectivity index (χ1v) is 10.8. The van der Waals surface area contributed by atoms with E-state index in [0.29, 0.717) is 16.9 Å². The number of nitrogens with zero attached hydrogens (tertiary/aromatic N) is 3. The predicted molar refractivity (Wildman–Crippen MR) is 106 cm³/mol. The predicted octanol–water partition coefficient (Wildman–Crippen LogP) is 1.43. The summed E-state index contributed by atoms with van der Waals surface area (Å²) in [5.41, 5.74) is 1.27. The maximum absolute atomic E-state index is 12.4. The van der Waals surface area contributed by atoms with Crippen molar-refractivity contribution in [1.29, 1.82) is 0 Å². The van der Waals surface area contributed by atoms with E-state index in [1.165, 1.54) is 18.4 Å². The quantitative estimate of drug-likeness (QED) is 0.517. The van der Waals surface area contributed by atoms with Crippen molar-refractivity contribution in [1.82, 2.24) is 9.47 Å². The first-order valence-electron chi connectivity index (χ1n) is 8.56. The number of methoxy groups -OCH3 is 1. The number of carbonyl (C=O) groups excluding carboxylic acids is 4. The second kappa shape index (κ2) is 8.70. The number of rotatable bonds is 6.